The largest absolute Gasteiger partial charge is 0.381 e. The van der Waals surface area contributed by atoms with E-state index < -0.39 is 10.0 Å². The first-order chi connectivity index (χ1) is 11.0. The second kappa shape index (κ2) is 6.76. The van der Waals surface area contributed by atoms with E-state index in [1.165, 1.54) is 10.4 Å². The molecule has 23 heavy (non-hydrogen) atoms. The van der Waals surface area contributed by atoms with Crippen LogP contribution in [0, 0.1) is 5.92 Å². The summed E-state index contributed by atoms with van der Waals surface area (Å²) in [7, 11) is -3.62. The minimum absolute atomic E-state index is 0.0669. The van der Waals surface area contributed by atoms with Crippen LogP contribution < -0.4 is 0 Å². The van der Waals surface area contributed by atoms with E-state index in [9.17, 15) is 13.2 Å². The molecule has 126 valence electrons. The normalized spacial score (nSPS) is 23.2. The van der Waals surface area contributed by atoms with Gasteiger partial charge >= 0.3 is 0 Å². The number of halogens is 1. The van der Waals surface area contributed by atoms with Crippen LogP contribution in [0.1, 0.15) is 6.42 Å². The molecule has 0 spiro atoms. The Balaban J connectivity index is 1.66. The summed E-state index contributed by atoms with van der Waals surface area (Å²) in [6, 6.07) is 6.42. The maximum absolute atomic E-state index is 12.7. The first-order valence-corrected chi connectivity index (χ1v) is 9.43. The fraction of sp³-hybridized carbons (Fsp3) is 0.533. The van der Waals surface area contributed by atoms with Crippen LogP contribution in [0.3, 0.4) is 0 Å². The Morgan fingerprint density at radius 3 is 2.48 bits per heavy atom. The van der Waals surface area contributed by atoms with E-state index in [1.54, 1.807) is 23.1 Å². The average Bonchev–Trinajstić information content (AvgIpc) is 3.09. The molecule has 1 atom stereocenters. The van der Waals surface area contributed by atoms with Crippen molar-refractivity contribution in [2.45, 2.75) is 11.3 Å². The topological polar surface area (TPSA) is 66.9 Å². The van der Waals surface area contributed by atoms with Gasteiger partial charge in [0, 0.05) is 32.8 Å². The van der Waals surface area contributed by atoms with Crippen LogP contribution in [0.4, 0.5) is 0 Å². The SMILES string of the molecule is O=C(C1CCOC1)N1CCN(S(=O)(=O)c2ccccc2Cl)CC1. The van der Waals surface area contributed by atoms with E-state index in [0.717, 1.165) is 6.42 Å². The van der Waals surface area contributed by atoms with Crippen molar-refractivity contribution in [1.29, 1.82) is 0 Å². The Morgan fingerprint density at radius 1 is 1.17 bits per heavy atom. The lowest BCUT2D eigenvalue weighted by Gasteiger charge is -2.35. The third kappa shape index (κ3) is 3.38. The maximum Gasteiger partial charge on any atom is 0.244 e. The molecule has 0 saturated carbocycles. The van der Waals surface area contributed by atoms with Crippen molar-refractivity contribution in [3.63, 3.8) is 0 Å². The lowest BCUT2D eigenvalue weighted by Crippen LogP contribution is -2.52. The zero-order valence-corrected chi connectivity index (χ0v) is 14.2. The Kier molecular flexibility index (Phi) is 4.91. The Bertz CT molecular complexity index is 680. The quantitative estimate of drug-likeness (QED) is 0.814. The van der Waals surface area contributed by atoms with E-state index in [-0.39, 0.29) is 34.8 Å². The number of sulfonamides is 1. The number of carbonyl (C=O) groups excluding carboxylic acids is 1. The van der Waals surface area contributed by atoms with Gasteiger partial charge in [0.25, 0.3) is 0 Å². The molecule has 2 aliphatic heterocycles. The van der Waals surface area contributed by atoms with E-state index in [1.807, 2.05) is 0 Å². The zero-order valence-electron chi connectivity index (χ0n) is 12.7. The number of piperazine rings is 1. The molecule has 6 nitrogen and oxygen atoms in total. The Hall–Kier alpha value is -1.15. The van der Waals surface area contributed by atoms with Crippen molar-refractivity contribution in [2.24, 2.45) is 5.92 Å². The molecule has 2 saturated heterocycles. The molecule has 1 amide bonds. The molecule has 8 heteroatoms. The molecule has 2 heterocycles. The molecule has 2 aliphatic rings. The van der Waals surface area contributed by atoms with Gasteiger partial charge in [0.2, 0.25) is 15.9 Å². The molecule has 1 aromatic rings. The maximum atomic E-state index is 12.7. The highest BCUT2D eigenvalue weighted by Crippen LogP contribution is 2.25. The van der Waals surface area contributed by atoms with Crippen LogP contribution in [-0.2, 0) is 19.6 Å². The number of hydrogen-bond acceptors (Lipinski definition) is 4. The number of benzene rings is 1. The van der Waals surface area contributed by atoms with Crippen molar-refractivity contribution in [1.82, 2.24) is 9.21 Å². The highest BCUT2D eigenvalue weighted by molar-refractivity contribution is 7.89. The predicted octanol–water partition coefficient (Wildman–Crippen LogP) is 1.21. The molecule has 2 fully saturated rings. The summed E-state index contributed by atoms with van der Waals surface area (Å²) >= 11 is 6.01. The van der Waals surface area contributed by atoms with Crippen LogP contribution in [0.2, 0.25) is 5.02 Å². The second-order valence-corrected chi connectivity index (χ2v) is 8.03. The summed E-state index contributed by atoms with van der Waals surface area (Å²) in [4.78, 5) is 14.2. The number of nitrogens with zero attached hydrogens (tertiary/aromatic N) is 2. The minimum Gasteiger partial charge on any atom is -0.381 e. The zero-order chi connectivity index (χ0) is 16.4. The van der Waals surface area contributed by atoms with E-state index in [4.69, 9.17) is 16.3 Å². The number of rotatable bonds is 3. The minimum atomic E-state index is -3.62. The van der Waals surface area contributed by atoms with Crippen molar-refractivity contribution >= 4 is 27.5 Å². The summed E-state index contributed by atoms with van der Waals surface area (Å²) in [6.07, 6.45) is 0.747. The van der Waals surface area contributed by atoms with Crippen LogP contribution in [0.15, 0.2) is 29.2 Å². The van der Waals surface area contributed by atoms with Crippen molar-refractivity contribution < 1.29 is 17.9 Å². The van der Waals surface area contributed by atoms with E-state index in [2.05, 4.69) is 0 Å². The first-order valence-electron chi connectivity index (χ1n) is 7.61. The standard InChI is InChI=1S/C15H19ClN2O4S/c16-13-3-1-2-4-14(13)23(20,21)18-8-6-17(7-9-18)15(19)12-5-10-22-11-12/h1-4,12H,5-11H2. The van der Waals surface area contributed by atoms with Crippen LogP contribution in [0.5, 0.6) is 0 Å². The van der Waals surface area contributed by atoms with Crippen LogP contribution in [-0.4, -0.2) is 62.9 Å². The second-order valence-electron chi connectivity index (χ2n) is 5.72. The number of hydrogen-bond donors (Lipinski definition) is 0. The molecule has 0 aliphatic carbocycles. The third-order valence-corrected chi connectivity index (χ3v) is 6.68. The number of ether oxygens (including phenoxy) is 1. The van der Waals surface area contributed by atoms with Crippen LogP contribution >= 0.6 is 11.6 Å². The average molecular weight is 359 g/mol. The molecule has 3 rings (SSSR count). The van der Waals surface area contributed by atoms with Gasteiger partial charge in [0.05, 0.1) is 17.5 Å². The summed E-state index contributed by atoms with van der Waals surface area (Å²) in [5.41, 5.74) is 0. The fourth-order valence-corrected chi connectivity index (χ4v) is 4.84. The molecule has 0 aromatic heterocycles. The summed E-state index contributed by atoms with van der Waals surface area (Å²) in [6.45, 7) is 2.46. The lowest BCUT2D eigenvalue weighted by atomic mass is 10.1. The lowest BCUT2D eigenvalue weighted by molar-refractivity contribution is -0.136. The smallest absolute Gasteiger partial charge is 0.244 e. The Labute approximate surface area is 141 Å². The summed E-state index contributed by atoms with van der Waals surface area (Å²) < 4.78 is 32.0. The van der Waals surface area contributed by atoms with Gasteiger partial charge in [-0.05, 0) is 18.6 Å². The third-order valence-electron chi connectivity index (χ3n) is 4.28. The first kappa shape index (κ1) is 16.7. The Morgan fingerprint density at radius 2 is 1.87 bits per heavy atom. The van der Waals surface area contributed by atoms with Gasteiger partial charge in [-0.25, -0.2) is 8.42 Å². The van der Waals surface area contributed by atoms with Gasteiger partial charge in [-0.3, -0.25) is 4.79 Å². The molecular formula is C15H19ClN2O4S. The highest BCUT2D eigenvalue weighted by Gasteiger charge is 2.34. The van der Waals surface area contributed by atoms with E-state index >= 15 is 0 Å². The molecular weight excluding hydrogens is 340 g/mol. The van der Waals surface area contributed by atoms with Gasteiger partial charge < -0.3 is 9.64 Å². The van der Waals surface area contributed by atoms with Gasteiger partial charge in [-0.15, -0.1) is 0 Å². The summed E-state index contributed by atoms with van der Waals surface area (Å²) in [5, 5.41) is 0.217. The van der Waals surface area contributed by atoms with E-state index in [0.29, 0.717) is 26.3 Å². The molecule has 0 radical (unpaired) electrons. The molecule has 0 bridgehead atoms. The van der Waals surface area contributed by atoms with Crippen molar-refractivity contribution in [3.05, 3.63) is 29.3 Å². The van der Waals surface area contributed by atoms with Crippen molar-refractivity contribution in [3.8, 4) is 0 Å². The van der Waals surface area contributed by atoms with Gasteiger partial charge in [-0.2, -0.15) is 4.31 Å². The van der Waals surface area contributed by atoms with Crippen LogP contribution in [0.25, 0.3) is 0 Å². The number of amides is 1. The highest BCUT2D eigenvalue weighted by atomic mass is 35.5. The molecule has 0 N–H and O–H groups in total. The molecule has 1 aromatic carbocycles. The van der Waals surface area contributed by atoms with Gasteiger partial charge in [0.15, 0.2) is 0 Å². The summed E-state index contributed by atoms with van der Waals surface area (Å²) in [5.74, 6) is -0.0148. The fourth-order valence-electron chi connectivity index (χ4n) is 2.93. The number of carbonyl (C=O) groups is 1. The van der Waals surface area contributed by atoms with Gasteiger partial charge in [-0.1, -0.05) is 23.7 Å². The van der Waals surface area contributed by atoms with Gasteiger partial charge in [0.1, 0.15) is 4.90 Å². The predicted molar refractivity (Wildman–Crippen MR) is 85.7 cm³/mol. The molecule has 1 unspecified atom stereocenters. The van der Waals surface area contributed by atoms with Crippen molar-refractivity contribution in [2.75, 3.05) is 39.4 Å². The monoisotopic (exact) mass is 358 g/mol.